The fourth-order valence-electron chi connectivity index (χ4n) is 0.809. The van der Waals surface area contributed by atoms with Crippen LogP contribution in [0.4, 0.5) is 10.3 Å². The molecule has 0 N–H and O–H groups in total. The lowest BCUT2D eigenvalue weighted by molar-refractivity contribution is 0.476. The van der Waals surface area contributed by atoms with Gasteiger partial charge in [0.2, 0.25) is 6.33 Å². The smallest absolute Gasteiger partial charge is 0.178 e. The van der Waals surface area contributed by atoms with Gasteiger partial charge in [0.15, 0.2) is 0 Å². The fourth-order valence-corrected chi connectivity index (χ4v) is 0.809. The Bertz CT molecular complexity index is 403. The maximum atomic E-state index is 12.6. The van der Waals surface area contributed by atoms with Crippen molar-refractivity contribution in [3.8, 4) is 12.4 Å². The average Bonchev–Trinajstić information content (AvgIpc) is 2.22. The van der Waals surface area contributed by atoms with Crippen molar-refractivity contribution in [1.29, 1.82) is 10.5 Å². The van der Waals surface area contributed by atoms with Crippen LogP contribution in [-0.4, -0.2) is 21.5 Å². The monoisotopic (exact) mass is 192 g/mol. The largest absolute Gasteiger partial charge is 0.365 e. The summed E-state index contributed by atoms with van der Waals surface area (Å²) in [6.45, 7) is 1.71. The summed E-state index contributed by atoms with van der Waals surface area (Å²) in [6, 6.07) is 0. The Balaban J connectivity index is 3.28. The summed E-state index contributed by atoms with van der Waals surface area (Å²) in [5.41, 5.74) is 0. The van der Waals surface area contributed by atoms with E-state index < -0.39 is 10.6 Å². The Kier molecular flexibility index (Phi) is 2.65. The summed E-state index contributed by atoms with van der Waals surface area (Å²) in [7, 11) is 0. The molecule has 0 saturated heterocycles. The molecule has 0 aromatic carbocycles. The van der Waals surface area contributed by atoms with Gasteiger partial charge in [-0.15, -0.1) is 15.5 Å². The van der Waals surface area contributed by atoms with E-state index in [0.29, 0.717) is 0 Å². The lowest BCUT2D eigenvalue weighted by Crippen LogP contribution is -2.40. The Hall–Kier alpha value is -2.12. The number of hydrogen-bond acceptors (Lipinski definition) is 5. The van der Waals surface area contributed by atoms with Gasteiger partial charge in [0, 0.05) is 0 Å². The highest BCUT2D eigenvalue weighted by atomic mass is 19.1. The van der Waals surface area contributed by atoms with Gasteiger partial charge < -0.3 is 0 Å². The Morgan fingerprint density at radius 3 is 2.50 bits per heavy atom. The molecule has 1 radical (unpaired) electrons. The molecule has 0 aliphatic carbocycles. The minimum atomic E-state index is -1.06. The third-order valence-corrected chi connectivity index (χ3v) is 1.64. The molecule has 14 heavy (non-hydrogen) atoms. The molecular formula is C7H5FN6+. The van der Waals surface area contributed by atoms with Crippen LogP contribution in [0.3, 0.4) is 0 Å². The normalized spacial score (nSPS) is 10.3. The molecule has 0 fully saturated rings. The van der Waals surface area contributed by atoms with Gasteiger partial charge in [0.1, 0.15) is 6.54 Å². The van der Waals surface area contributed by atoms with Gasteiger partial charge >= 0.3 is 24.4 Å². The van der Waals surface area contributed by atoms with E-state index in [1.165, 1.54) is 0 Å². The zero-order chi connectivity index (χ0) is 10.6. The maximum Gasteiger partial charge on any atom is 0.365 e. The van der Waals surface area contributed by atoms with Crippen molar-refractivity contribution < 1.29 is 4.39 Å². The van der Waals surface area contributed by atoms with E-state index in [4.69, 9.17) is 10.5 Å². The van der Waals surface area contributed by atoms with Crippen molar-refractivity contribution in [2.24, 2.45) is 0 Å². The van der Waals surface area contributed by atoms with E-state index in [2.05, 4.69) is 15.0 Å². The van der Waals surface area contributed by atoms with E-state index in [-0.39, 0.29) is 12.5 Å². The minimum Gasteiger partial charge on any atom is -0.178 e. The number of hydrogen-bond donors (Lipinski definition) is 0. The zero-order valence-corrected chi connectivity index (χ0v) is 7.27. The predicted octanol–water partition coefficient (Wildman–Crippen LogP) is 0.100. The van der Waals surface area contributed by atoms with Crippen molar-refractivity contribution in [3.05, 3.63) is 12.4 Å². The second-order valence-corrected chi connectivity index (χ2v) is 2.33. The average molecular weight is 192 g/mol. The number of aromatic nitrogens is 3. The van der Waals surface area contributed by atoms with Crippen molar-refractivity contribution >= 4 is 5.95 Å². The van der Waals surface area contributed by atoms with Gasteiger partial charge in [-0.25, -0.2) is 0 Å². The number of nitrogens with zero attached hydrogens (tertiary/aromatic N) is 6. The third kappa shape index (κ3) is 1.49. The zero-order valence-electron chi connectivity index (χ0n) is 7.27. The minimum absolute atomic E-state index is 0.115. The molecule has 0 amide bonds. The van der Waals surface area contributed by atoms with Gasteiger partial charge in [-0.2, -0.15) is 14.4 Å². The van der Waals surface area contributed by atoms with E-state index in [0.717, 1.165) is 0 Å². The van der Waals surface area contributed by atoms with Gasteiger partial charge in [-0.3, -0.25) is 0 Å². The molecule has 0 aliphatic rings. The number of rotatable bonds is 2. The molecule has 6 nitrogen and oxygen atoms in total. The SMILES string of the molecule is CC[N+](C#N)(C#N)c1n[c]nc(F)n1. The molecule has 0 saturated carbocycles. The molecular weight excluding hydrogens is 187 g/mol. The van der Waals surface area contributed by atoms with Crippen LogP contribution in [0, 0.1) is 35.3 Å². The van der Waals surface area contributed by atoms with Crippen LogP contribution >= 0.6 is 0 Å². The first-order valence-corrected chi connectivity index (χ1v) is 3.67. The number of halogens is 1. The van der Waals surface area contributed by atoms with E-state index in [1.807, 2.05) is 6.33 Å². The van der Waals surface area contributed by atoms with E-state index >= 15 is 0 Å². The summed E-state index contributed by atoms with van der Waals surface area (Å²) in [6.07, 6.45) is 4.31. The number of quaternary nitrogens is 1. The summed E-state index contributed by atoms with van der Waals surface area (Å²) in [4.78, 5) is 9.74. The first-order valence-electron chi connectivity index (χ1n) is 3.67. The molecule has 7 heteroatoms. The van der Waals surface area contributed by atoms with Crippen LogP contribution < -0.4 is 4.48 Å². The Morgan fingerprint density at radius 2 is 2.07 bits per heavy atom. The summed E-state index contributed by atoms with van der Waals surface area (Å²) < 4.78 is 11.8. The molecule has 0 unspecified atom stereocenters. The highest BCUT2D eigenvalue weighted by Crippen LogP contribution is 2.13. The lowest BCUT2D eigenvalue weighted by atomic mass is 10.5. The highest BCUT2D eigenvalue weighted by molar-refractivity contribution is 5.34. The van der Waals surface area contributed by atoms with Crippen molar-refractivity contribution in [2.45, 2.75) is 6.92 Å². The number of nitriles is 2. The van der Waals surface area contributed by atoms with Crippen LogP contribution in [0.2, 0.25) is 0 Å². The van der Waals surface area contributed by atoms with Crippen molar-refractivity contribution in [1.82, 2.24) is 19.4 Å². The van der Waals surface area contributed by atoms with E-state index in [9.17, 15) is 4.39 Å². The quantitative estimate of drug-likeness (QED) is 0.490. The summed E-state index contributed by atoms with van der Waals surface area (Å²) in [5, 5.41) is 17.6. The molecule has 1 aromatic heterocycles. The second-order valence-electron chi connectivity index (χ2n) is 2.33. The second kappa shape index (κ2) is 3.73. The summed E-state index contributed by atoms with van der Waals surface area (Å²) >= 11 is 0. The standard InChI is InChI=1S/C7H5FN6/c1-2-14(3-9,4-10)7-12-5-11-6(8)13-7/h2H2,1H3/q+1. The molecule has 0 bridgehead atoms. The molecule has 0 aliphatic heterocycles. The van der Waals surface area contributed by atoms with Gasteiger partial charge in [-0.1, -0.05) is 4.48 Å². The maximum absolute atomic E-state index is 12.6. The highest BCUT2D eigenvalue weighted by Gasteiger charge is 2.34. The van der Waals surface area contributed by atoms with Crippen LogP contribution in [0.25, 0.3) is 0 Å². The van der Waals surface area contributed by atoms with Crippen LogP contribution in [0.1, 0.15) is 6.92 Å². The molecule has 1 aromatic rings. The summed E-state index contributed by atoms with van der Waals surface area (Å²) in [5.74, 6) is -0.259. The van der Waals surface area contributed by atoms with Crippen molar-refractivity contribution in [2.75, 3.05) is 6.54 Å². The lowest BCUT2D eigenvalue weighted by Gasteiger charge is -2.12. The van der Waals surface area contributed by atoms with Gasteiger partial charge in [0.25, 0.3) is 0 Å². The Morgan fingerprint density at radius 1 is 1.43 bits per heavy atom. The first-order chi connectivity index (χ1) is 6.68. The fraction of sp³-hybridized carbons (Fsp3) is 0.286. The van der Waals surface area contributed by atoms with Crippen LogP contribution in [0.15, 0.2) is 0 Å². The first kappa shape index (κ1) is 9.96. The molecule has 0 spiro atoms. The van der Waals surface area contributed by atoms with Crippen LogP contribution in [0.5, 0.6) is 0 Å². The molecule has 1 heterocycles. The third-order valence-electron chi connectivity index (χ3n) is 1.64. The van der Waals surface area contributed by atoms with E-state index in [1.54, 1.807) is 19.3 Å². The van der Waals surface area contributed by atoms with Gasteiger partial charge in [0.05, 0.1) is 0 Å². The molecule has 69 valence electrons. The van der Waals surface area contributed by atoms with Gasteiger partial charge in [-0.05, 0) is 6.92 Å². The predicted molar refractivity (Wildman–Crippen MR) is 42.2 cm³/mol. The van der Waals surface area contributed by atoms with Crippen molar-refractivity contribution in [3.63, 3.8) is 0 Å². The Labute approximate surface area is 79.5 Å². The molecule has 1 rings (SSSR count). The van der Waals surface area contributed by atoms with Crippen LogP contribution in [-0.2, 0) is 0 Å². The molecule has 0 atom stereocenters. The topological polar surface area (TPSA) is 86.2 Å².